The second-order valence-corrected chi connectivity index (χ2v) is 4.92. The molecule has 0 amide bonds. The zero-order chi connectivity index (χ0) is 13.8. The Balaban J connectivity index is 2.23. The molecule has 5 nitrogen and oxygen atoms in total. The van der Waals surface area contributed by atoms with Gasteiger partial charge >= 0.3 is 0 Å². The zero-order valence-corrected chi connectivity index (χ0v) is 11.6. The van der Waals surface area contributed by atoms with Gasteiger partial charge in [-0.3, -0.25) is 10.1 Å². The summed E-state index contributed by atoms with van der Waals surface area (Å²) in [4.78, 5) is 12.7. The molecule has 1 fully saturated rings. The van der Waals surface area contributed by atoms with E-state index < -0.39 is 4.92 Å². The summed E-state index contributed by atoms with van der Waals surface area (Å²) < 4.78 is 5.39. The van der Waals surface area contributed by atoms with E-state index in [1.807, 2.05) is 6.07 Å². The number of nitro benzene ring substituents is 1. The minimum Gasteiger partial charge on any atom is -0.380 e. The van der Waals surface area contributed by atoms with E-state index in [9.17, 15) is 10.1 Å². The Hall–Kier alpha value is -1.33. The van der Waals surface area contributed by atoms with Crippen molar-refractivity contribution in [2.75, 3.05) is 25.1 Å². The van der Waals surface area contributed by atoms with Gasteiger partial charge < -0.3 is 9.64 Å². The number of ether oxygens (including phenoxy) is 1. The Kier molecular flexibility index (Phi) is 4.61. The van der Waals surface area contributed by atoms with E-state index in [4.69, 9.17) is 16.3 Å². The highest BCUT2D eigenvalue weighted by atomic mass is 35.5. The van der Waals surface area contributed by atoms with Gasteiger partial charge in [-0.2, -0.15) is 0 Å². The summed E-state index contributed by atoms with van der Waals surface area (Å²) in [5.74, 6) is 0.145. The topological polar surface area (TPSA) is 55.6 Å². The summed E-state index contributed by atoms with van der Waals surface area (Å²) in [6.45, 7) is 1.76. The number of nitrogens with zero attached hydrogens (tertiary/aromatic N) is 2. The number of alkyl halides is 1. The third-order valence-electron chi connectivity index (χ3n) is 3.48. The van der Waals surface area contributed by atoms with Crippen molar-refractivity contribution in [2.45, 2.75) is 24.8 Å². The Labute approximate surface area is 117 Å². The van der Waals surface area contributed by atoms with Gasteiger partial charge in [0.15, 0.2) is 0 Å². The van der Waals surface area contributed by atoms with Gasteiger partial charge in [-0.05, 0) is 25.0 Å². The first kappa shape index (κ1) is 14.1. The second-order valence-electron chi connectivity index (χ2n) is 4.65. The molecule has 1 unspecified atom stereocenters. The Morgan fingerprint density at radius 3 is 3.00 bits per heavy atom. The SMILES string of the molecule is COC1CCCN(c2ccc([N+](=O)[O-])c(CCl)c2)C1. The molecule has 2 rings (SSSR count). The smallest absolute Gasteiger partial charge is 0.273 e. The Bertz CT molecular complexity index is 467. The normalized spacial score (nSPS) is 19.5. The molecule has 0 bridgehead atoms. The summed E-state index contributed by atoms with van der Waals surface area (Å²) in [7, 11) is 1.72. The first-order valence-electron chi connectivity index (χ1n) is 6.26. The van der Waals surface area contributed by atoms with Gasteiger partial charge in [-0.1, -0.05) is 0 Å². The van der Waals surface area contributed by atoms with Crippen molar-refractivity contribution in [3.8, 4) is 0 Å². The second kappa shape index (κ2) is 6.21. The van der Waals surface area contributed by atoms with Gasteiger partial charge in [-0.25, -0.2) is 0 Å². The maximum Gasteiger partial charge on any atom is 0.273 e. The number of benzene rings is 1. The lowest BCUT2D eigenvalue weighted by molar-refractivity contribution is -0.385. The van der Waals surface area contributed by atoms with Gasteiger partial charge in [0.2, 0.25) is 0 Å². The van der Waals surface area contributed by atoms with Crippen molar-refractivity contribution in [3.05, 3.63) is 33.9 Å². The number of hydrogen-bond donors (Lipinski definition) is 0. The van der Waals surface area contributed by atoms with E-state index in [1.165, 1.54) is 6.07 Å². The van der Waals surface area contributed by atoms with Crippen LogP contribution in [0, 0.1) is 10.1 Å². The molecule has 1 saturated heterocycles. The molecule has 0 saturated carbocycles. The predicted molar refractivity (Wildman–Crippen MR) is 74.9 cm³/mol. The van der Waals surface area contributed by atoms with Crippen LogP contribution in [0.25, 0.3) is 0 Å². The summed E-state index contributed by atoms with van der Waals surface area (Å²) in [6.07, 6.45) is 2.34. The number of piperidine rings is 1. The van der Waals surface area contributed by atoms with Gasteiger partial charge in [0.1, 0.15) is 0 Å². The monoisotopic (exact) mass is 284 g/mol. The number of rotatable bonds is 4. The van der Waals surface area contributed by atoms with Gasteiger partial charge in [0, 0.05) is 37.5 Å². The molecular formula is C13H17ClN2O3. The fourth-order valence-electron chi connectivity index (χ4n) is 2.42. The minimum atomic E-state index is -0.393. The van der Waals surface area contributed by atoms with Crippen molar-refractivity contribution in [3.63, 3.8) is 0 Å². The quantitative estimate of drug-likeness (QED) is 0.484. The third kappa shape index (κ3) is 3.16. The van der Waals surface area contributed by atoms with Gasteiger partial charge in [-0.15, -0.1) is 11.6 Å². The summed E-state index contributed by atoms with van der Waals surface area (Å²) in [5.41, 5.74) is 1.62. The fourth-order valence-corrected chi connectivity index (χ4v) is 2.63. The van der Waals surface area contributed by atoms with E-state index in [1.54, 1.807) is 13.2 Å². The standard InChI is InChI=1S/C13H17ClN2O3/c1-19-12-3-2-6-15(9-12)11-4-5-13(16(17)18)10(7-11)8-14/h4-5,7,12H,2-3,6,8-9H2,1H3. The summed E-state index contributed by atoms with van der Waals surface area (Å²) in [5, 5.41) is 10.9. The van der Waals surface area contributed by atoms with Crippen LogP contribution in [-0.2, 0) is 10.6 Å². The maximum atomic E-state index is 10.9. The molecule has 104 valence electrons. The molecule has 1 aromatic carbocycles. The lowest BCUT2D eigenvalue weighted by Gasteiger charge is -2.33. The fraction of sp³-hybridized carbons (Fsp3) is 0.538. The number of halogens is 1. The van der Waals surface area contributed by atoms with Gasteiger partial charge in [0.05, 0.1) is 16.9 Å². The van der Waals surface area contributed by atoms with Crippen molar-refractivity contribution >= 4 is 23.0 Å². The average Bonchev–Trinajstić information content (AvgIpc) is 2.46. The molecule has 1 aliphatic rings. The third-order valence-corrected chi connectivity index (χ3v) is 3.77. The molecule has 0 aliphatic carbocycles. The molecular weight excluding hydrogens is 268 g/mol. The van der Waals surface area contributed by atoms with Crippen LogP contribution in [0.15, 0.2) is 18.2 Å². The van der Waals surface area contributed by atoms with E-state index in [0.29, 0.717) is 5.56 Å². The van der Waals surface area contributed by atoms with Crippen molar-refractivity contribution in [1.82, 2.24) is 0 Å². The molecule has 0 radical (unpaired) electrons. The number of methoxy groups -OCH3 is 1. The molecule has 0 aromatic heterocycles. The average molecular weight is 285 g/mol. The molecule has 6 heteroatoms. The Morgan fingerprint density at radius 2 is 2.37 bits per heavy atom. The highest BCUT2D eigenvalue weighted by molar-refractivity contribution is 6.17. The van der Waals surface area contributed by atoms with E-state index in [-0.39, 0.29) is 17.7 Å². The van der Waals surface area contributed by atoms with Crippen molar-refractivity contribution < 1.29 is 9.66 Å². The maximum absolute atomic E-state index is 10.9. The summed E-state index contributed by atoms with van der Waals surface area (Å²) >= 11 is 5.80. The molecule has 1 aromatic rings. The Morgan fingerprint density at radius 1 is 1.58 bits per heavy atom. The van der Waals surface area contributed by atoms with Crippen molar-refractivity contribution in [2.24, 2.45) is 0 Å². The van der Waals surface area contributed by atoms with Crippen molar-refractivity contribution in [1.29, 1.82) is 0 Å². The minimum absolute atomic E-state index is 0.0825. The first-order chi connectivity index (χ1) is 9.15. The summed E-state index contributed by atoms with van der Waals surface area (Å²) in [6, 6.07) is 5.12. The first-order valence-corrected chi connectivity index (χ1v) is 6.80. The van der Waals surface area contributed by atoms with Gasteiger partial charge in [0.25, 0.3) is 5.69 Å². The van der Waals surface area contributed by atoms with Crippen LogP contribution >= 0.6 is 11.6 Å². The largest absolute Gasteiger partial charge is 0.380 e. The van der Waals surface area contributed by atoms with Crippen LogP contribution in [0.2, 0.25) is 0 Å². The molecule has 19 heavy (non-hydrogen) atoms. The van der Waals surface area contributed by atoms with Crippen LogP contribution in [-0.4, -0.2) is 31.2 Å². The number of nitro groups is 1. The lowest BCUT2D eigenvalue weighted by atomic mass is 10.1. The van der Waals surface area contributed by atoms with Crippen LogP contribution in [0.4, 0.5) is 11.4 Å². The predicted octanol–water partition coefficient (Wildman–Crippen LogP) is 2.95. The number of hydrogen-bond acceptors (Lipinski definition) is 4. The lowest BCUT2D eigenvalue weighted by Crippen LogP contribution is -2.39. The molecule has 1 atom stereocenters. The van der Waals surface area contributed by atoms with E-state index >= 15 is 0 Å². The highest BCUT2D eigenvalue weighted by Gasteiger charge is 2.21. The van der Waals surface area contributed by atoms with E-state index in [0.717, 1.165) is 31.6 Å². The number of anilines is 1. The van der Waals surface area contributed by atoms with E-state index in [2.05, 4.69) is 4.90 Å². The molecule has 0 N–H and O–H groups in total. The molecule has 1 heterocycles. The van der Waals surface area contributed by atoms with Crippen LogP contribution in [0.3, 0.4) is 0 Å². The highest BCUT2D eigenvalue weighted by Crippen LogP contribution is 2.28. The van der Waals surface area contributed by atoms with Crippen LogP contribution in [0.1, 0.15) is 18.4 Å². The van der Waals surface area contributed by atoms with Crippen LogP contribution in [0.5, 0.6) is 0 Å². The van der Waals surface area contributed by atoms with Crippen LogP contribution < -0.4 is 4.90 Å². The zero-order valence-electron chi connectivity index (χ0n) is 10.8. The molecule has 0 spiro atoms. The molecule has 1 aliphatic heterocycles.